The van der Waals surface area contributed by atoms with Crippen LogP contribution in [0.25, 0.3) is 0 Å². The molecule has 0 bridgehead atoms. The maximum absolute atomic E-state index is 13.1. The van der Waals surface area contributed by atoms with E-state index < -0.39 is 30.0 Å². The van der Waals surface area contributed by atoms with Crippen molar-refractivity contribution in [3.05, 3.63) is 71.8 Å². The Hall–Kier alpha value is -3.27. The number of benzene rings is 2. The topological polar surface area (TPSA) is 117 Å². The molecule has 0 spiro atoms. The van der Waals surface area contributed by atoms with Crippen molar-refractivity contribution in [2.45, 2.75) is 58.4 Å². The standard InChI is InChI=1S/C28H39N3O6/c1-28(2,3)17-24(32)29-22(16-20-12-8-6-9-13-20)25(33)26(34)30-23(27(35)31(4)36-5)19-37-18-21-14-10-7-11-15-21/h6-15,22-23,25,33H,16-19H2,1-5H3,(H,29,32)(H,30,34)/t22-,23-,25?/m0/s1. The van der Waals surface area contributed by atoms with E-state index >= 15 is 0 Å². The molecule has 3 atom stereocenters. The number of hydrogen-bond acceptors (Lipinski definition) is 6. The molecule has 0 aliphatic heterocycles. The second-order valence-corrected chi connectivity index (χ2v) is 10.1. The van der Waals surface area contributed by atoms with Crippen LogP contribution < -0.4 is 10.6 Å². The van der Waals surface area contributed by atoms with Gasteiger partial charge in [0, 0.05) is 13.5 Å². The lowest BCUT2D eigenvalue weighted by molar-refractivity contribution is -0.173. The van der Waals surface area contributed by atoms with Crippen molar-refractivity contribution >= 4 is 17.7 Å². The molecule has 0 saturated heterocycles. The Morgan fingerprint density at radius 2 is 1.51 bits per heavy atom. The number of nitrogens with zero attached hydrogens (tertiary/aromatic N) is 1. The molecule has 9 heteroatoms. The molecule has 1 unspecified atom stereocenters. The lowest BCUT2D eigenvalue weighted by Crippen LogP contribution is -2.57. The highest BCUT2D eigenvalue weighted by molar-refractivity contribution is 5.89. The summed E-state index contributed by atoms with van der Waals surface area (Å²) in [6, 6.07) is 16.6. The molecule has 2 rings (SSSR count). The number of rotatable bonds is 13. The third-order valence-electron chi connectivity index (χ3n) is 5.58. The van der Waals surface area contributed by atoms with E-state index in [1.54, 1.807) is 0 Å². The van der Waals surface area contributed by atoms with Crippen LogP contribution in [-0.4, -0.2) is 66.8 Å². The van der Waals surface area contributed by atoms with Crippen LogP contribution in [0.15, 0.2) is 60.7 Å². The Labute approximate surface area is 219 Å². The number of aliphatic hydroxyl groups excluding tert-OH is 1. The van der Waals surface area contributed by atoms with Crippen LogP contribution in [0.4, 0.5) is 0 Å². The van der Waals surface area contributed by atoms with E-state index in [0.29, 0.717) is 0 Å². The fourth-order valence-electron chi connectivity index (χ4n) is 3.64. The summed E-state index contributed by atoms with van der Waals surface area (Å²) in [4.78, 5) is 43.6. The first-order valence-electron chi connectivity index (χ1n) is 12.2. The Balaban J connectivity index is 2.14. The largest absolute Gasteiger partial charge is 0.381 e. The zero-order valence-electron chi connectivity index (χ0n) is 22.3. The van der Waals surface area contributed by atoms with Gasteiger partial charge in [0.1, 0.15) is 6.04 Å². The van der Waals surface area contributed by atoms with Crippen molar-refractivity contribution in [2.75, 3.05) is 20.8 Å². The van der Waals surface area contributed by atoms with Gasteiger partial charge in [0.2, 0.25) is 5.91 Å². The first-order chi connectivity index (χ1) is 17.5. The molecule has 202 valence electrons. The first kappa shape index (κ1) is 30.0. The zero-order valence-corrected chi connectivity index (χ0v) is 22.3. The van der Waals surface area contributed by atoms with Gasteiger partial charge in [0.25, 0.3) is 11.8 Å². The quantitative estimate of drug-likeness (QED) is 0.354. The fraction of sp³-hybridized carbons (Fsp3) is 0.464. The zero-order chi connectivity index (χ0) is 27.4. The summed E-state index contributed by atoms with van der Waals surface area (Å²) < 4.78 is 5.68. The van der Waals surface area contributed by atoms with Gasteiger partial charge in [-0.2, -0.15) is 0 Å². The van der Waals surface area contributed by atoms with E-state index in [9.17, 15) is 19.5 Å². The van der Waals surface area contributed by atoms with Gasteiger partial charge in [-0.15, -0.1) is 0 Å². The summed E-state index contributed by atoms with van der Waals surface area (Å²) in [5.41, 5.74) is 1.48. The van der Waals surface area contributed by atoms with E-state index in [1.807, 2.05) is 81.4 Å². The van der Waals surface area contributed by atoms with E-state index in [4.69, 9.17) is 9.57 Å². The number of hydroxylamine groups is 2. The second-order valence-electron chi connectivity index (χ2n) is 10.1. The summed E-state index contributed by atoms with van der Waals surface area (Å²) in [5.74, 6) is -1.63. The molecule has 0 heterocycles. The lowest BCUT2D eigenvalue weighted by atomic mass is 9.91. The minimum Gasteiger partial charge on any atom is -0.381 e. The summed E-state index contributed by atoms with van der Waals surface area (Å²) in [6.45, 7) is 5.89. The maximum Gasteiger partial charge on any atom is 0.270 e. The number of ether oxygens (including phenoxy) is 1. The monoisotopic (exact) mass is 513 g/mol. The van der Waals surface area contributed by atoms with Gasteiger partial charge in [0.15, 0.2) is 6.10 Å². The molecule has 0 saturated carbocycles. The molecular formula is C28H39N3O6. The first-order valence-corrected chi connectivity index (χ1v) is 12.2. The van der Waals surface area contributed by atoms with Crippen LogP contribution in [0, 0.1) is 5.41 Å². The van der Waals surface area contributed by atoms with Gasteiger partial charge < -0.3 is 20.5 Å². The Morgan fingerprint density at radius 1 is 0.946 bits per heavy atom. The van der Waals surface area contributed by atoms with Crippen molar-refractivity contribution in [3.8, 4) is 0 Å². The number of likely N-dealkylation sites (N-methyl/N-ethyl adjacent to an activating group) is 1. The molecule has 3 N–H and O–H groups in total. The average Bonchev–Trinajstić information content (AvgIpc) is 2.86. The van der Waals surface area contributed by atoms with Gasteiger partial charge in [-0.25, -0.2) is 5.06 Å². The van der Waals surface area contributed by atoms with Gasteiger partial charge >= 0.3 is 0 Å². The van der Waals surface area contributed by atoms with Crippen LogP contribution in [-0.2, 0) is 37.0 Å². The van der Waals surface area contributed by atoms with Crippen LogP contribution in [0.1, 0.15) is 38.3 Å². The van der Waals surface area contributed by atoms with Gasteiger partial charge in [-0.1, -0.05) is 81.4 Å². The van der Waals surface area contributed by atoms with Crippen LogP contribution in [0.3, 0.4) is 0 Å². The summed E-state index contributed by atoms with van der Waals surface area (Å²) in [5, 5.41) is 17.3. The molecule has 2 aromatic carbocycles. The third-order valence-corrected chi connectivity index (χ3v) is 5.58. The molecule has 0 aliphatic rings. The maximum atomic E-state index is 13.1. The number of carbonyl (C=O) groups is 3. The highest BCUT2D eigenvalue weighted by atomic mass is 16.7. The molecular weight excluding hydrogens is 474 g/mol. The van der Waals surface area contributed by atoms with Crippen molar-refractivity contribution in [1.29, 1.82) is 0 Å². The van der Waals surface area contributed by atoms with E-state index in [0.717, 1.165) is 16.2 Å². The minimum atomic E-state index is -1.61. The third kappa shape index (κ3) is 10.7. The number of nitrogens with one attached hydrogen (secondary N) is 2. The van der Waals surface area contributed by atoms with Crippen LogP contribution in [0.2, 0.25) is 0 Å². The van der Waals surface area contributed by atoms with Crippen molar-refractivity contribution in [2.24, 2.45) is 5.41 Å². The van der Waals surface area contributed by atoms with Crippen LogP contribution >= 0.6 is 0 Å². The normalized spacial score (nSPS) is 13.8. The van der Waals surface area contributed by atoms with Gasteiger partial charge in [0.05, 0.1) is 26.4 Å². The summed E-state index contributed by atoms with van der Waals surface area (Å²) in [7, 11) is 2.75. The molecule has 2 aromatic rings. The summed E-state index contributed by atoms with van der Waals surface area (Å²) in [6.07, 6.45) is -1.16. The molecule has 37 heavy (non-hydrogen) atoms. The van der Waals surface area contributed by atoms with Gasteiger partial charge in [-0.05, 0) is 23.0 Å². The van der Waals surface area contributed by atoms with Crippen molar-refractivity contribution in [1.82, 2.24) is 15.7 Å². The average molecular weight is 514 g/mol. The molecule has 0 fully saturated rings. The van der Waals surface area contributed by atoms with Crippen LogP contribution in [0.5, 0.6) is 0 Å². The lowest BCUT2D eigenvalue weighted by Gasteiger charge is -2.28. The molecule has 3 amide bonds. The minimum absolute atomic E-state index is 0.139. The van der Waals surface area contributed by atoms with E-state index in [2.05, 4.69) is 10.6 Å². The number of aliphatic hydroxyl groups is 1. The molecule has 0 radical (unpaired) electrons. The Kier molecular flexibility index (Phi) is 11.7. The van der Waals surface area contributed by atoms with Gasteiger partial charge in [-0.3, -0.25) is 19.2 Å². The second kappa shape index (κ2) is 14.5. The SMILES string of the molecule is CON(C)C(=O)[C@H](COCc1ccccc1)NC(=O)C(O)[C@H](Cc1ccccc1)NC(=O)CC(C)(C)C. The van der Waals surface area contributed by atoms with Crippen molar-refractivity contribution in [3.63, 3.8) is 0 Å². The molecule has 9 nitrogen and oxygen atoms in total. The number of hydrogen-bond donors (Lipinski definition) is 3. The molecule has 0 aliphatic carbocycles. The smallest absolute Gasteiger partial charge is 0.270 e. The number of amides is 3. The fourth-order valence-corrected chi connectivity index (χ4v) is 3.64. The summed E-state index contributed by atoms with van der Waals surface area (Å²) >= 11 is 0. The van der Waals surface area contributed by atoms with Crippen molar-refractivity contribution < 1.29 is 29.1 Å². The molecule has 0 aromatic heterocycles. The Bertz CT molecular complexity index is 994. The predicted octanol–water partition coefficient (Wildman–Crippen LogP) is 2.23. The highest BCUT2D eigenvalue weighted by Gasteiger charge is 2.33. The number of carbonyl (C=O) groups excluding carboxylic acids is 3. The predicted molar refractivity (Wildman–Crippen MR) is 140 cm³/mol. The van der Waals surface area contributed by atoms with E-state index in [-0.39, 0.29) is 37.4 Å². The highest BCUT2D eigenvalue weighted by Crippen LogP contribution is 2.18. The van der Waals surface area contributed by atoms with E-state index in [1.165, 1.54) is 14.2 Å². The Morgan fingerprint density at radius 3 is 2.05 bits per heavy atom.